The highest BCUT2D eigenvalue weighted by Crippen LogP contribution is 2.06. The lowest BCUT2D eigenvalue weighted by molar-refractivity contribution is -0.142. The van der Waals surface area contributed by atoms with E-state index in [4.69, 9.17) is 22.3 Å². The van der Waals surface area contributed by atoms with Crippen molar-refractivity contribution in [2.75, 3.05) is 18.6 Å². The van der Waals surface area contributed by atoms with Crippen molar-refractivity contribution in [2.24, 2.45) is 17.2 Å². The van der Waals surface area contributed by atoms with Crippen LogP contribution in [0.1, 0.15) is 38.5 Å². The fraction of sp³-hybridized carbons (Fsp3) is 0.684. The first-order valence-electron chi connectivity index (χ1n) is 10.5. The summed E-state index contributed by atoms with van der Waals surface area (Å²) in [5.41, 5.74) is 16.1. The minimum absolute atomic E-state index is 0.0867. The number of nitrogens with two attached hydrogens (primary N) is 3. The number of carboxylic acids is 2. The van der Waals surface area contributed by atoms with E-state index in [1.165, 1.54) is 11.8 Å². The Balaban J connectivity index is 5.44. The predicted molar refractivity (Wildman–Crippen MR) is 123 cm³/mol. The first-order valence-corrected chi connectivity index (χ1v) is 11.9. The molecule has 0 saturated heterocycles. The van der Waals surface area contributed by atoms with E-state index in [0.717, 1.165) is 0 Å². The molecular weight excluding hydrogens is 472 g/mol. The van der Waals surface area contributed by atoms with Crippen molar-refractivity contribution < 1.29 is 39.0 Å². The van der Waals surface area contributed by atoms with E-state index in [1.54, 1.807) is 6.26 Å². The molecule has 4 unspecified atom stereocenters. The summed E-state index contributed by atoms with van der Waals surface area (Å²) in [7, 11) is 0. The molecule has 4 amide bonds. The molecule has 0 spiro atoms. The number of hydrogen-bond acceptors (Lipinski definition) is 9. The lowest BCUT2D eigenvalue weighted by Gasteiger charge is -2.24. The summed E-state index contributed by atoms with van der Waals surface area (Å²) in [5, 5.41) is 25.0. The Bertz CT molecular complexity index is 738. The van der Waals surface area contributed by atoms with Crippen LogP contribution in [0.2, 0.25) is 0 Å². The Morgan fingerprint density at radius 1 is 0.824 bits per heavy atom. The molecule has 194 valence electrons. The van der Waals surface area contributed by atoms with Gasteiger partial charge in [-0.15, -0.1) is 0 Å². The number of carbonyl (C=O) groups is 6. The van der Waals surface area contributed by atoms with Crippen LogP contribution < -0.4 is 33.2 Å². The maximum atomic E-state index is 12.8. The van der Waals surface area contributed by atoms with Gasteiger partial charge >= 0.3 is 11.9 Å². The number of amides is 4. The number of unbranched alkanes of at least 4 members (excludes halogenated alkanes) is 1. The molecule has 34 heavy (non-hydrogen) atoms. The molecule has 0 aliphatic heterocycles. The van der Waals surface area contributed by atoms with Gasteiger partial charge in [0.15, 0.2) is 0 Å². The van der Waals surface area contributed by atoms with Crippen molar-refractivity contribution >= 4 is 47.3 Å². The monoisotopic (exact) mass is 506 g/mol. The maximum absolute atomic E-state index is 12.8. The number of nitrogens with one attached hydrogen (secondary N) is 3. The Morgan fingerprint density at radius 2 is 1.38 bits per heavy atom. The van der Waals surface area contributed by atoms with Crippen LogP contribution in [0.3, 0.4) is 0 Å². The fourth-order valence-corrected chi connectivity index (χ4v) is 3.24. The van der Waals surface area contributed by atoms with Gasteiger partial charge in [-0.3, -0.25) is 24.0 Å². The quantitative estimate of drug-likeness (QED) is 0.0873. The van der Waals surface area contributed by atoms with Crippen LogP contribution in [0, 0.1) is 0 Å². The molecule has 0 aromatic rings. The summed E-state index contributed by atoms with van der Waals surface area (Å²) in [4.78, 5) is 71.3. The molecule has 14 nitrogen and oxygen atoms in total. The number of aliphatic carboxylic acids is 2. The fourth-order valence-electron chi connectivity index (χ4n) is 2.77. The molecule has 4 atom stereocenters. The van der Waals surface area contributed by atoms with Crippen LogP contribution in [0.5, 0.6) is 0 Å². The SMILES string of the molecule is CSCCC(NC(=O)C(N)CC(=O)O)C(=O)NC(CC(N)=O)C(=O)NC(CCCCN)C(=O)O. The molecule has 0 radical (unpaired) electrons. The number of carboxylic acid groups (broad SMARTS) is 2. The second-order valence-corrected chi connectivity index (χ2v) is 8.45. The normalized spacial score (nSPS) is 14.2. The van der Waals surface area contributed by atoms with Gasteiger partial charge in [0.05, 0.1) is 18.9 Å². The summed E-state index contributed by atoms with van der Waals surface area (Å²) < 4.78 is 0. The molecule has 0 rings (SSSR count). The first kappa shape index (κ1) is 31.1. The zero-order valence-corrected chi connectivity index (χ0v) is 19.8. The zero-order valence-electron chi connectivity index (χ0n) is 19.0. The van der Waals surface area contributed by atoms with Gasteiger partial charge in [-0.1, -0.05) is 0 Å². The van der Waals surface area contributed by atoms with Crippen LogP contribution in [0.15, 0.2) is 0 Å². The highest BCUT2D eigenvalue weighted by atomic mass is 32.2. The molecule has 0 aromatic heterocycles. The van der Waals surface area contributed by atoms with Gasteiger partial charge in [0.1, 0.15) is 18.1 Å². The highest BCUT2D eigenvalue weighted by Gasteiger charge is 2.31. The molecule has 0 aliphatic carbocycles. The molecule has 0 bridgehead atoms. The summed E-state index contributed by atoms with van der Waals surface area (Å²) in [5.74, 6) is -5.78. The summed E-state index contributed by atoms with van der Waals surface area (Å²) in [6.07, 6.45) is 1.66. The largest absolute Gasteiger partial charge is 0.481 e. The van der Waals surface area contributed by atoms with Crippen molar-refractivity contribution in [3.8, 4) is 0 Å². The van der Waals surface area contributed by atoms with E-state index in [0.29, 0.717) is 25.1 Å². The molecule has 0 aliphatic rings. The molecule has 0 saturated carbocycles. The number of hydrogen-bond donors (Lipinski definition) is 8. The molecular formula is C19H34N6O8S. The maximum Gasteiger partial charge on any atom is 0.326 e. The van der Waals surface area contributed by atoms with Gasteiger partial charge in [-0.2, -0.15) is 11.8 Å². The summed E-state index contributed by atoms with van der Waals surface area (Å²) in [6, 6.07) is -5.37. The predicted octanol–water partition coefficient (Wildman–Crippen LogP) is -2.92. The van der Waals surface area contributed by atoms with Gasteiger partial charge in [-0.05, 0) is 44.2 Å². The van der Waals surface area contributed by atoms with Crippen molar-refractivity contribution in [1.82, 2.24) is 16.0 Å². The van der Waals surface area contributed by atoms with E-state index in [1.807, 2.05) is 0 Å². The summed E-state index contributed by atoms with van der Waals surface area (Å²) >= 11 is 1.37. The first-order chi connectivity index (χ1) is 15.9. The van der Waals surface area contributed by atoms with Crippen LogP contribution >= 0.6 is 11.8 Å². The van der Waals surface area contributed by atoms with Gasteiger partial charge in [0.2, 0.25) is 23.6 Å². The van der Waals surface area contributed by atoms with Crippen molar-refractivity contribution in [3.63, 3.8) is 0 Å². The Hall–Kier alpha value is -2.91. The van der Waals surface area contributed by atoms with Gasteiger partial charge in [0, 0.05) is 0 Å². The van der Waals surface area contributed by atoms with E-state index in [9.17, 15) is 33.9 Å². The lowest BCUT2D eigenvalue weighted by Crippen LogP contribution is -2.58. The van der Waals surface area contributed by atoms with E-state index in [-0.39, 0.29) is 12.8 Å². The Kier molecular flexibility index (Phi) is 15.2. The minimum atomic E-state index is -1.50. The average molecular weight is 507 g/mol. The van der Waals surface area contributed by atoms with Gasteiger partial charge < -0.3 is 43.4 Å². The van der Waals surface area contributed by atoms with E-state index >= 15 is 0 Å². The van der Waals surface area contributed by atoms with E-state index < -0.39 is 72.6 Å². The zero-order chi connectivity index (χ0) is 26.3. The van der Waals surface area contributed by atoms with Gasteiger partial charge in [-0.25, -0.2) is 4.79 Å². The lowest BCUT2D eigenvalue weighted by atomic mass is 10.1. The second-order valence-electron chi connectivity index (χ2n) is 7.46. The molecule has 0 aromatic carbocycles. The number of rotatable bonds is 18. The topological polar surface area (TPSA) is 257 Å². The van der Waals surface area contributed by atoms with Crippen molar-refractivity contribution in [3.05, 3.63) is 0 Å². The van der Waals surface area contributed by atoms with Crippen molar-refractivity contribution in [1.29, 1.82) is 0 Å². The molecule has 15 heteroatoms. The second kappa shape index (κ2) is 16.7. The third-order valence-electron chi connectivity index (χ3n) is 4.57. The van der Waals surface area contributed by atoms with Crippen molar-refractivity contribution in [2.45, 2.75) is 62.7 Å². The molecule has 11 N–H and O–H groups in total. The van der Waals surface area contributed by atoms with Crippen LogP contribution in [-0.4, -0.2) is 88.5 Å². The average Bonchev–Trinajstić information content (AvgIpc) is 2.74. The van der Waals surface area contributed by atoms with Crippen LogP contribution in [-0.2, 0) is 28.8 Å². The summed E-state index contributed by atoms with van der Waals surface area (Å²) in [6.45, 7) is 0.347. The smallest absolute Gasteiger partial charge is 0.326 e. The molecule has 0 heterocycles. The number of carbonyl (C=O) groups excluding carboxylic acids is 4. The Labute approximate surface area is 201 Å². The standard InChI is InChI=1S/C19H34N6O8S/c1-34-7-5-11(23-16(29)10(21)8-15(27)28)17(30)25-13(9-14(22)26)18(31)24-12(19(32)33)4-2-3-6-20/h10-13H,2-9,20-21H2,1H3,(H2,22,26)(H,23,29)(H,24,31)(H,25,30)(H,27,28)(H,32,33). The number of primary amides is 1. The third-order valence-corrected chi connectivity index (χ3v) is 5.22. The highest BCUT2D eigenvalue weighted by molar-refractivity contribution is 7.98. The van der Waals surface area contributed by atoms with E-state index in [2.05, 4.69) is 16.0 Å². The van der Waals surface area contributed by atoms with Gasteiger partial charge in [0.25, 0.3) is 0 Å². The van der Waals surface area contributed by atoms with Crippen LogP contribution in [0.25, 0.3) is 0 Å². The Morgan fingerprint density at radius 3 is 1.88 bits per heavy atom. The third kappa shape index (κ3) is 13.0. The minimum Gasteiger partial charge on any atom is -0.481 e. The molecule has 0 fully saturated rings. The number of thioether (sulfide) groups is 1. The van der Waals surface area contributed by atoms with Crippen LogP contribution in [0.4, 0.5) is 0 Å².